The molecule has 0 bridgehead atoms. The van der Waals surface area contributed by atoms with Gasteiger partial charge in [-0.1, -0.05) is 41.0 Å². The zero-order valence-electron chi connectivity index (χ0n) is 14.6. The molecule has 0 unspecified atom stereocenters. The average Bonchev–Trinajstić information content (AvgIpc) is 3.13. The molecule has 1 amide bonds. The fourth-order valence-electron chi connectivity index (χ4n) is 2.36. The van der Waals surface area contributed by atoms with Gasteiger partial charge in [-0.05, 0) is 43.3 Å². The molecule has 3 aromatic rings. The standard InChI is InChI=1S/C19H17Cl2N3O2S/c1-12(18(25)23-16-5-3-4-15(20)17(16)21)27-19-22-10-11-24(19)13-6-8-14(26-2)9-7-13/h3-12H,1-2H3,(H,23,25)/t12-/m0/s1. The number of carbonyl (C=O) groups excluding carboxylic acids is 1. The van der Waals surface area contributed by atoms with E-state index in [9.17, 15) is 4.79 Å². The lowest BCUT2D eigenvalue weighted by Crippen LogP contribution is -2.23. The van der Waals surface area contributed by atoms with Crippen molar-refractivity contribution >= 4 is 46.6 Å². The smallest absolute Gasteiger partial charge is 0.237 e. The molecule has 0 aliphatic heterocycles. The second-order valence-electron chi connectivity index (χ2n) is 5.63. The van der Waals surface area contributed by atoms with Crippen molar-refractivity contribution in [2.75, 3.05) is 12.4 Å². The van der Waals surface area contributed by atoms with Gasteiger partial charge in [0.05, 0.1) is 28.1 Å². The van der Waals surface area contributed by atoms with Gasteiger partial charge in [0.15, 0.2) is 5.16 Å². The summed E-state index contributed by atoms with van der Waals surface area (Å²) in [5.41, 5.74) is 1.42. The van der Waals surface area contributed by atoms with Gasteiger partial charge in [-0.15, -0.1) is 0 Å². The monoisotopic (exact) mass is 421 g/mol. The number of anilines is 1. The molecule has 1 heterocycles. The Kier molecular flexibility index (Phi) is 6.31. The number of imidazole rings is 1. The molecule has 1 atom stereocenters. The van der Waals surface area contributed by atoms with E-state index in [4.69, 9.17) is 27.9 Å². The number of rotatable bonds is 6. The Labute approximate surface area is 171 Å². The van der Waals surface area contributed by atoms with Crippen LogP contribution in [0.25, 0.3) is 5.69 Å². The molecular formula is C19H17Cl2N3O2S. The molecule has 0 aliphatic carbocycles. The van der Waals surface area contributed by atoms with Crippen LogP contribution in [0.4, 0.5) is 5.69 Å². The highest BCUT2D eigenvalue weighted by Crippen LogP contribution is 2.31. The Balaban J connectivity index is 1.72. The van der Waals surface area contributed by atoms with E-state index in [2.05, 4.69) is 10.3 Å². The Morgan fingerprint density at radius 2 is 1.96 bits per heavy atom. The van der Waals surface area contributed by atoms with Crippen molar-refractivity contribution in [1.29, 1.82) is 0 Å². The predicted molar refractivity (Wildman–Crippen MR) is 111 cm³/mol. The van der Waals surface area contributed by atoms with Crippen LogP contribution in [0.15, 0.2) is 60.0 Å². The number of methoxy groups -OCH3 is 1. The van der Waals surface area contributed by atoms with Gasteiger partial charge in [-0.25, -0.2) is 4.98 Å². The minimum absolute atomic E-state index is 0.187. The first kappa shape index (κ1) is 19.6. The maximum atomic E-state index is 12.5. The Hall–Kier alpha value is -2.15. The largest absolute Gasteiger partial charge is 0.497 e. The van der Waals surface area contributed by atoms with Crippen LogP contribution in [0.1, 0.15) is 6.92 Å². The summed E-state index contributed by atoms with van der Waals surface area (Å²) >= 11 is 13.5. The van der Waals surface area contributed by atoms with Gasteiger partial charge in [-0.3, -0.25) is 9.36 Å². The molecule has 3 rings (SSSR count). The number of benzene rings is 2. The highest BCUT2D eigenvalue weighted by molar-refractivity contribution is 8.00. The van der Waals surface area contributed by atoms with Crippen LogP contribution in [-0.2, 0) is 4.79 Å². The third kappa shape index (κ3) is 4.58. The van der Waals surface area contributed by atoms with Crippen molar-refractivity contribution in [1.82, 2.24) is 9.55 Å². The first-order valence-corrected chi connectivity index (χ1v) is 9.72. The number of hydrogen-bond donors (Lipinski definition) is 1. The Morgan fingerprint density at radius 1 is 1.22 bits per heavy atom. The van der Waals surface area contributed by atoms with E-state index in [0.29, 0.717) is 20.9 Å². The molecular weight excluding hydrogens is 405 g/mol. The summed E-state index contributed by atoms with van der Waals surface area (Å²) in [5.74, 6) is 0.590. The topological polar surface area (TPSA) is 56.2 Å². The van der Waals surface area contributed by atoms with Crippen LogP contribution < -0.4 is 10.1 Å². The minimum Gasteiger partial charge on any atom is -0.497 e. The third-order valence-corrected chi connectivity index (χ3v) is 5.72. The summed E-state index contributed by atoms with van der Waals surface area (Å²) in [6, 6.07) is 12.7. The highest BCUT2D eigenvalue weighted by atomic mass is 35.5. The van der Waals surface area contributed by atoms with Crippen LogP contribution >= 0.6 is 35.0 Å². The molecule has 0 aliphatic rings. The molecule has 0 fully saturated rings. The molecule has 27 heavy (non-hydrogen) atoms. The van der Waals surface area contributed by atoms with Crippen LogP contribution in [-0.4, -0.2) is 27.8 Å². The van der Waals surface area contributed by atoms with Gasteiger partial charge >= 0.3 is 0 Å². The number of amides is 1. The molecule has 8 heteroatoms. The second kappa shape index (κ2) is 8.69. The number of ether oxygens (including phenoxy) is 1. The number of thioether (sulfide) groups is 1. The van der Waals surface area contributed by atoms with Gasteiger partial charge in [0.1, 0.15) is 5.75 Å². The van der Waals surface area contributed by atoms with Crippen LogP contribution in [0.2, 0.25) is 10.0 Å². The van der Waals surface area contributed by atoms with E-state index in [1.54, 1.807) is 31.5 Å². The number of halogens is 2. The fraction of sp³-hybridized carbons (Fsp3) is 0.158. The van der Waals surface area contributed by atoms with Crippen molar-refractivity contribution in [3.8, 4) is 11.4 Å². The van der Waals surface area contributed by atoms with Gasteiger partial charge in [-0.2, -0.15) is 0 Å². The fourth-order valence-corrected chi connectivity index (χ4v) is 3.59. The second-order valence-corrected chi connectivity index (χ2v) is 7.72. The molecule has 5 nitrogen and oxygen atoms in total. The quantitative estimate of drug-likeness (QED) is 0.548. The van der Waals surface area contributed by atoms with Gasteiger partial charge in [0, 0.05) is 18.1 Å². The molecule has 0 spiro atoms. The normalized spacial score (nSPS) is 11.9. The van der Waals surface area contributed by atoms with Crippen LogP contribution in [0.5, 0.6) is 5.75 Å². The highest BCUT2D eigenvalue weighted by Gasteiger charge is 2.19. The molecule has 0 radical (unpaired) electrons. The Morgan fingerprint density at radius 3 is 2.67 bits per heavy atom. The SMILES string of the molecule is COc1ccc(-n2ccnc2S[C@@H](C)C(=O)Nc2cccc(Cl)c2Cl)cc1. The van der Waals surface area contributed by atoms with E-state index in [1.165, 1.54) is 11.8 Å². The van der Waals surface area contributed by atoms with Gasteiger partial charge < -0.3 is 10.1 Å². The van der Waals surface area contributed by atoms with Crippen LogP contribution in [0.3, 0.4) is 0 Å². The van der Waals surface area contributed by atoms with Gasteiger partial charge in [0.25, 0.3) is 0 Å². The number of aromatic nitrogens is 2. The van der Waals surface area contributed by atoms with E-state index >= 15 is 0 Å². The summed E-state index contributed by atoms with van der Waals surface area (Å²) in [6.45, 7) is 1.81. The van der Waals surface area contributed by atoms with Crippen molar-refractivity contribution in [3.63, 3.8) is 0 Å². The maximum Gasteiger partial charge on any atom is 0.237 e. The Bertz CT molecular complexity index is 944. The van der Waals surface area contributed by atoms with E-state index < -0.39 is 0 Å². The number of carbonyl (C=O) groups is 1. The van der Waals surface area contributed by atoms with E-state index in [-0.39, 0.29) is 11.2 Å². The van der Waals surface area contributed by atoms with E-state index in [0.717, 1.165) is 11.4 Å². The lowest BCUT2D eigenvalue weighted by molar-refractivity contribution is -0.115. The predicted octanol–water partition coefficient (Wildman–Crippen LogP) is 5.31. The summed E-state index contributed by atoms with van der Waals surface area (Å²) in [6.07, 6.45) is 3.55. The van der Waals surface area contributed by atoms with E-state index in [1.807, 2.05) is 42.0 Å². The molecule has 140 valence electrons. The molecule has 1 aromatic heterocycles. The van der Waals surface area contributed by atoms with Crippen molar-refractivity contribution in [2.45, 2.75) is 17.3 Å². The van der Waals surface area contributed by atoms with Crippen molar-refractivity contribution in [2.24, 2.45) is 0 Å². The molecule has 0 saturated carbocycles. The summed E-state index contributed by atoms with van der Waals surface area (Å²) in [4.78, 5) is 16.9. The van der Waals surface area contributed by atoms with Crippen molar-refractivity contribution in [3.05, 3.63) is 64.9 Å². The van der Waals surface area contributed by atoms with Gasteiger partial charge in [0.2, 0.25) is 5.91 Å². The zero-order valence-corrected chi connectivity index (χ0v) is 17.0. The average molecular weight is 422 g/mol. The summed E-state index contributed by atoms with van der Waals surface area (Å²) in [5, 5.41) is 3.84. The summed E-state index contributed by atoms with van der Waals surface area (Å²) < 4.78 is 7.10. The number of nitrogens with zero attached hydrogens (tertiary/aromatic N) is 2. The zero-order chi connectivity index (χ0) is 19.4. The summed E-state index contributed by atoms with van der Waals surface area (Å²) in [7, 11) is 1.62. The first-order chi connectivity index (χ1) is 13.0. The molecule has 0 saturated heterocycles. The van der Waals surface area contributed by atoms with Crippen molar-refractivity contribution < 1.29 is 9.53 Å². The third-order valence-electron chi connectivity index (χ3n) is 3.82. The maximum absolute atomic E-state index is 12.5. The minimum atomic E-state index is -0.389. The van der Waals surface area contributed by atoms with Crippen LogP contribution in [0, 0.1) is 0 Å². The number of nitrogens with one attached hydrogen (secondary N) is 1. The number of hydrogen-bond acceptors (Lipinski definition) is 4. The molecule has 2 aromatic carbocycles. The lowest BCUT2D eigenvalue weighted by atomic mass is 10.3. The lowest BCUT2D eigenvalue weighted by Gasteiger charge is -2.14. The molecule has 1 N–H and O–H groups in total. The first-order valence-electron chi connectivity index (χ1n) is 8.09.